The Morgan fingerprint density at radius 2 is 1.96 bits per heavy atom. The van der Waals surface area contributed by atoms with Crippen LogP contribution >= 0.6 is 23.1 Å². The SMILES string of the molecule is CCSc1sc(-c2cccc3c2OCO3)cc(=O)c1-c1ccc(F)cc1. The minimum atomic E-state index is -0.316. The third-order valence-corrected chi connectivity index (χ3v) is 6.29. The van der Waals surface area contributed by atoms with Crippen LogP contribution in [0.1, 0.15) is 6.92 Å². The Morgan fingerprint density at radius 1 is 1.15 bits per heavy atom. The molecule has 3 aromatic rings. The van der Waals surface area contributed by atoms with Crippen LogP contribution in [0.5, 0.6) is 11.5 Å². The van der Waals surface area contributed by atoms with Crippen molar-refractivity contribution in [2.45, 2.75) is 11.1 Å². The molecule has 1 aliphatic heterocycles. The molecule has 26 heavy (non-hydrogen) atoms. The number of para-hydroxylation sites is 1. The predicted octanol–water partition coefficient (Wildman–Crippen LogP) is 5.42. The molecule has 0 amide bonds. The zero-order chi connectivity index (χ0) is 18.1. The molecule has 0 saturated carbocycles. The van der Waals surface area contributed by atoms with Crippen LogP contribution in [0.2, 0.25) is 0 Å². The fourth-order valence-corrected chi connectivity index (χ4v) is 5.28. The van der Waals surface area contributed by atoms with E-state index >= 15 is 0 Å². The first-order valence-corrected chi connectivity index (χ1v) is 9.93. The van der Waals surface area contributed by atoms with Gasteiger partial charge in [-0.3, -0.25) is 4.79 Å². The summed E-state index contributed by atoms with van der Waals surface area (Å²) in [6, 6.07) is 13.3. The molecule has 0 N–H and O–H groups in total. The van der Waals surface area contributed by atoms with E-state index in [1.807, 2.05) is 25.1 Å². The molecule has 0 radical (unpaired) electrons. The quantitative estimate of drug-likeness (QED) is 0.561. The number of thioether (sulfide) groups is 1. The molecule has 0 atom stereocenters. The highest BCUT2D eigenvalue weighted by Crippen LogP contribution is 2.44. The largest absolute Gasteiger partial charge is 0.454 e. The highest BCUT2D eigenvalue weighted by atomic mass is 32.2. The molecule has 0 bridgehead atoms. The number of fused-ring (bicyclic) bond motifs is 1. The Bertz CT molecular complexity index is 1010. The first kappa shape index (κ1) is 17.1. The van der Waals surface area contributed by atoms with E-state index in [1.165, 1.54) is 23.5 Å². The first-order valence-electron chi connectivity index (χ1n) is 8.13. The second kappa shape index (κ2) is 7.13. The number of halogens is 1. The van der Waals surface area contributed by atoms with Gasteiger partial charge < -0.3 is 9.47 Å². The number of hydrogen-bond donors (Lipinski definition) is 0. The summed E-state index contributed by atoms with van der Waals surface area (Å²) in [5, 5.41) is 0. The summed E-state index contributed by atoms with van der Waals surface area (Å²) in [6.45, 7) is 2.23. The maximum Gasteiger partial charge on any atom is 0.231 e. The van der Waals surface area contributed by atoms with Gasteiger partial charge in [0.05, 0.1) is 9.77 Å². The van der Waals surface area contributed by atoms with E-state index < -0.39 is 0 Å². The lowest BCUT2D eigenvalue weighted by atomic mass is 10.1. The van der Waals surface area contributed by atoms with E-state index in [0.717, 1.165) is 26.0 Å². The molecular formula is C20H15FO3S2. The summed E-state index contributed by atoms with van der Waals surface area (Å²) in [5.41, 5.74) is 2.12. The smallest absolute Gasteiger partial charge is 0.231 e. The van der Waals surface area contributed by atoms with Gasteiger partial charge in [-0.05, 0) is 35.6 Å². The van der Waals surface area contributed by atoms with Crippen LogP contribution in [0.3, 0.4) is 0 Å². The van der Waals surface area contributed by atoms with Gasteiger partial charge in [-0.1, -0.05) is 25.1 Å². The minimum Gasteiger partial charge on any atom is -0.454 e. The second-order valence-electron chi connectivity index (χ2n) is 5.62. The summed E-state index contributed by atoms with van der Waals surface area (Å²) in [7, 11) is 0. The molecule has 3 nitrogen and oxygen atoms in total. The molecule has 0 saturated heterocycles. The van der Waals surface area contributed by atoms with E-state index in [0.29, 0.717) is 17.1 Å². The van der Waals surface area contributed by atoms with E-state index in [4.69, 9.17) is 9.47 Å². The van der Waals surface area contributed by atoms with Crippen molar-refractivity contribution in [2.75, 3.05) is 12.5 Å². The fraction of sp³-hybridized carbons (Fsp3) is 0.150. The summed E-state index contributed by atoms with van der Waals surface area (Å²) in [4.78, 5) is 13.8. The lowest BCUT2D eigenvalue weighted by molar-refractivity contribution is 0.174. The van der Waals surface area contributed by atoms with E-state index in [2.05, 4.69) is 0 Å². The number of hydrogen-bond acceptors (Lipinski definition) is 5. The lowest BCUT2D eigenvalue weighted by Crippen LogP contribution is -2.05. The molecule has 0 fully saturated rings. The van der Waals surface area contributed by atoms with Gasteiger partial charge in [0.1, 0.15) is 5.82 Å². The summed E-state index contributed by atoms with van der Waals surface area (Å²) >= 11 is 3.15. The molecule has 0 unspecified atom stereocenters. The predicted molar refractivity (Wildman–Crippen MR) is 104 cm³/mol. The van der Waals surface area contributed by atoms with E-state index in [9.17, 15) is 9.18 Å². The normalized spacial score (nSPS) is 12.4. The standard InChI is InChI=1S/C20H15FO3S2/c1-2-25-20-18(12-6-8-13(21)9-7-12)15(22)10-17(26-20)14-4-3-5-16-19(14)24-11-23-16/h3-10H,2,11H2,1H3. The van der Waals surface area contributed by atoms with Crippen LogP contribution in [0, 0.1) is 5.82 Å². The Hall–Kier alpha value is -2.31. The second-order valence-corrected chi connectivity index (χ2v) is 8.20. The zero-order valence-corrected chi connectivity index (χ0v) is 15.6. The Labute approximate surface area is 158 Å². The molecule has 2 aromatic carbocycles. The fourth-order valence-electron chi connectivity index (χ4n) is 2.84. The number of rotatable bonds is 4. The maximum absolute atomic E-state index is 13.3. The number of benzene rings is 2. The highest BCUT2D eigenvalue weighted by Gasteiger charge is 2.21. The van der Waals surface area contributed by atoms with Crippen molar-refractivity contribution >= 4 is 23.1 Å². The van der Waals surface area contributed by atoms with Gasteiger partial charge >= 0.3 is 0 Å². The molecular weight excluding hydrogens is 371 g/mol. The van der Waals surface area contributed by atoms with Crippen LogP contribution in [0.4, 0.5) is 4.39 Å². The van der Waals surface area contributed by atoms with Gasteiger partial charge in [-0.2, -0.15) is 0 Å². The van der Waals surface area contributed by atoms with Gasteiger partial charge in [0.15, 0.2) is 16.9 Å². The molecule has 0 aliphatic carbocycles. The van der Waals surface area contributed by atoms with Crippen LogP contribution < -0.4 is 14.9 Å². The monoisotopic (exact) mass is 386 g/mol. The van der Waals surface area contributed by atoms with E-state index in [1.54, 1.807) is 30.0 Å². The minimum absolute atomic E-state index is 0.0853. The zero-order valence-electron chi connectivity index (χ0n) is 14.0. The average molecular weight is 386 g/mol. The van der Waals surface area contributed by atoms with Crippen LogP contribution in [-0.4, -0.2) is 12.5 Å². The van der Waals surface area contributed by atoms with Crippen LogP contribution in [0.25, 0.3) is 21.6 Å². The van der Waals surface area contributed by atoms with Crippen molar-refractivity contribution in [3.63, 3.8) is 0 Å². The van der Waals surface area contributed by atoms with Crippen molar-refractivity contribution in [1.29, 1.82) is 0 Å². The van der Waals surface area contributed by atoms with Gasteiger partial charge in [0.2, 0.25) is 6.79 Å². The molecule has 4 rings (SSSR count). The Balaban J connectivity index is 1.88. The molecule has 1 aliphatic rings. The average Bonchev–Trinajstić information content (AvgIpc) is 3.11. The van der Waals surface area contributed by atoms with Crippen molar-refractivity contribution in [3.8, 4) is 33.1 Å². The van der Waals surface area contributed by atoms with Crippen LogP contribution in [-0.2, 0) is 0 Å². The third-order valence-electron chi connectivity index (χ3n) is 3.99. The maximum atomic E-state index is 13.3. The lowest BCUT2D eigenvalue weighted by Gasteiger charge is -2.11. The number of ether oxygens (including phenoxy) is 2. The topological polar surface area (TPSA) is 35.5 Å². The van der Waals surface area contributed by atoms with Crippen molar-refractivity contribution < 1.29 is 13.9 Å². The van der Waals surface area contributed by atoms with Gasteiger partial charge in [0.25, 0.3) is 0 Å². The van der Waals surface area contributed by atoms with Crippen molar-refractivity contribution in [1.82, 2.24) is 0 Å². The molecule has 132 valence electrons. The Kier molecular flexibility index (Phi) is 4.70. The van der Waals surface area contributed by atoms with Gasteiger partial charge in [-0.25, -0.2) is 4.39 Å². The van der Waals surface area contributed by atoms with Crippen LogP contribution in [0.15, 0.2) is 57.5 Å². The molecule has 0 spiro atoms. The van der Waals surface area contributed by atoms with Crippen molar-refractivity contribution in [3.05, 3.63) is 64.6 Å². The molecule has 1 aromatic heterocycles. The molecule has 6 heteroatoms. The van der Waals surface area contributed by atoms with E-state index in [-0.39, 0.29) is 18.0 Å². The summed E-state index contributed by atoms with van der Waals surface area (Å²) < 4.78 is 25.2. The first-order chi connectivity index (χ1) is 12.7. The van der Waals surface area contributed by atoms with Gasteiger partial charge in [-0.15, -0.1) is 23.1 Å². The summed E-state index contributed by atoms with van der Waals surface area (Å²) in [5.74, 6) is 1.88. The third kappa shape index (κ3) is 3.10. The van der Waals surface area contributed by atoms with Crippen molar-refractivity contribution in [2.24, 2.45) is 0 Å². The highest BCUT2D eigenvalue weighted by molar-refractivity contribution is 8.01. The summed E-state index contributed by atoms with van der Waals surface area (Å²) in [6.07, 6.45) is 0. The molecule has 2 heterocycles. The Morgan fingerprint density at radius 3 is 2.73 bits per heavy atom. The van der Waals surface area contributed by atoms with Gasteiger partial charge in [0, 0.05) is 16.5 Å².